The molecule has 1 amide bonds. The van der Waals surface area contributed by atoms with Crippen molar-refractivity contribution >= 4 is 18.3 Å². The Labute approximate surface area is 91.2 Å². The molecule has 0 saturated heterocycles. The van der Waals surface area contributed by atoms with Gasteiger partial charge in [0.25, 0.3) is 0 Å². The molecule has 1 aliphatic carbocycles. The van der Waals surface area contributed by atoms with E-state index < -0.39 is 6.04 Å². The first kappa shape index (κ1) is 13.7. The first-order valence-electron chi connectivity index (χ1n) is 4.87. The Hall–Kier alpha value is -0.320. The van der Waals surface area contributed by atoms with Crippen LogP contribution in [0.5, 0.6) is 0 Å². The molecule has 14 heavy (non-hydrogen) atoms. The predicted octanol–water partition coefficient (Wildman–Crippen LogP) is 0.143. The molecule has 1 fully saturated rings. The lowest BCUT2D eigenvalue weighted by Crippen LogP contribution is -2.55. The van der Waals surface area contributed by atoms with E-state index in [1.54, 1.807) is 6.92 Å². The van der Waals surface area contributed by atoms with Gasteiger partial charge in [-0.1, -0.05) is 12.8 Å². The Morgan fingerprint density at radius 1 is 1.50 bits per heavy atom. The molecule has 1 aliphatic rings. The number of carbonyl (C=O) groups excluding carboxylic acids is 1. The van der Waals surface area contributed by atoms with Gasteiger partial charge in [-0.2, -0.15) is 0 Å². The molecule has 84 valence electrons. The minimum Gasteiger partial charge on any atom is -0.348 e. The second-order valence-corrected chi connectivity index (χ2v) is 3.97. The third-order valence-corrected chi connectivity index (χ3v) is 2.75. The maximum absolute atomic E-state index is 11.4. The van der Waals surface area contributed by atoms with E-state index >= 15 is 0 Å². The second-order valence-electron chi connectivity index (χ2n) is 3.97. The lowest BCUT2D eigenvalue weighted by atomic mass is 9.97. The van der Waals surface area contributed by atoms with Crippen molar-refractivity contribution in [3.05, 3.63) is 0 Å². The van der Waals surface area contributed by atoms with Crippen LogP contribution in [0, 0.1) is 0 Å². The number of amides is 1. The summed E-state index contributed by atoms with van der Waals surface area (Å²) in [6, 6.07) is -0.441. The number of carbonyl (C=O) groups is 1. The lowest BCUT2D eigenvalue weighted by Gasteiger charge is -2.29. The average molecular weight is 222 g/mol. The van der Waals surface area contributed by atoms with E-state index in [2.05, 4.69) is 5.32 Å². The van der Waals surface area contributed by atoms with E-state index in [9.17, 15) is 4.79 Å². The quantitative estimate of drug-likeness (QED) is 0.634. The smallest absolute Gasteiger partial charge is 0.237 e. The molecule has 0 aromatic rings. The van der Waals surface area contributed by atoms with Crippen molar-refractivity contribution in [3.8, 4) is 0 Å². The molecule has 0 aromatic heterocycles. The molecule has 5 N–H and O–H groups in total. The van der Waals surface area contributed by atoms with Crippen LogP contribution in [0.1, 0.15) is 32.6 Å². The van der Waals surface area contributed by atoms with Crippen molar-refractivity contribution in [1.82, 2.24) is 5.32 Å². The van der Waals surface area contributed by atoms with E-state index in [1.807, 2.05) is 0 Å². The van der Waals surface area contributed by atoms with Gasteiger partial charge in [0.05, 0.1) is 11.6 Å². The van der Waals surface area contributed by atoms with Crippen LogP contribution >= 0.6 is 12.4 Å². The molecule has 0 unspecified atom stereocenters. The van der Waals surface area contributed by atoms with Gasteiger partial charge in [-0.05, 0) is 19.8 Å². The van der Waals surface area contributed by atoms with Crippen LogP contribution in [0.4, 0.5) is 0 Å². The van der Waals surface area contributed by atoms with Gasteiger partial charge in [-0.3, -0.25) is 4.79 Å². The minimum absolute atomic E-state index is 0. The van der Waals surface area contributed by atoms with Gasteiger partial charge in [0.15, 0.2) is 0 Å². The number of rotatable bonds is 3. The van der Waals surface area contributed by atoms with E-state index in [0.29, 0.717) is 6.54 Å². The normalized spacial score (nSPS) is 21.1. The highest BCUT2D eigenvalue weighted by atomic mass is 35.5. The maximum atomic E-state index is 11.4. The molecule has 5 heteroatoms. The first-order valence-corrected chi connectivity index (χ1v) is 4.87. The van der Waals surface area contributed by atoms with E-state index in [0.717, 1.165) is 25.7 Å². The molecular formula is C9H20ClN3O. The molecule has 4 nitrogen and oxygen atoms in total. The summed E-state index contributed by atoms with van der Waals surface area (Å²) in [6.45, 7) is 2.21. The van der Waals surface area contributed by atoms with Crippen molar-refractivity contribution in [2.75, 3.05) is 6.54 Å². The largest absolute Gasteiger partial charge is 0.348 e. The highest BCUT2D eigenvalue weighted by Gasteiger charge is 2.34. The fourth-order valence-corrected chi connectivity index (χ4v) is 1.81. The highest BCUT2D eigenvalue weighted by molar-refractivity contribution is 5.85. The Bertz CT molecular complexity index is 190. The Kier molecular flexibility index (Phi) is 5.41. The average Bonchev–Trinajstić information content (AvgIpc) is 2.54. The minimum atomic E-state index is -0.441. The summed E-state index contributed by atoms with van der Waals surface area (Å²) < 4.78 is 0. The van der Waals surface area contributed by atoms with Crippen molar-refractivity contribution in [3.63, 3.8) is 0 Å². The molecular weight excluding hydrogens is 202 g/mol. The Balaban J connectivity index is 0.00000169. The highest BCUT2D eigenvalue weighted by Crippen LogP contribution is 2.28. The van der Waals surface area contributed by atoms with Gasteiger partial charge in [0.2, 0.25) is 5.91 Å². The van der Waals surface area contributed by atoms with Gasteiger partial charge in [-0.25, -0.2) is 0 Å². The summed E-state index contributed by atoms with van der Waals surface area (Å²) in [5.74, 6) is -0.0904. The maximum Gasteiger partial charge on any atom is 0.237 e. The molecule has 1 rings (SSSR count). The van der Waals surface area contributed by atoms with E-state index in [4.69, 9.17) is 11.5 Å². The molecule has 1 saturated carbocycles. The summed E-state index contributed by atoms with van der Waals surface area (Å²) in [5.41, 5.74) is 11.0. The van der Waals surface area contributed by atoms with Crippen molar-refractivity contribution < 1.29 is 4.79 Å². The zero-order valence-corrected chi connectivity index (χ0v) is 9.40. The summed E-state index contributed by atoms with van der Waals surface area (Å²) in [4.78, 5) is 11.4. The van der Waals surface area contributed by atoms with Crippen LogP contribution < -0.4 is 16.8 Å². The molecule has 0 bridgehead atoms. The van der Waals surface area contributed by atoms with E-state index in [-0.39, 0.29) is 23.9 Å². The number of hydrogen-bond acceptors (Lipinski definition) is 3. The fraction of sp³-hybridized carbons (Fsp3) is 0.889. The van der Waals surface area contributed by atoms with Crippen LogP contribution in [0.15, 0.2) is 0 Å². The topological polar surface area (TPSA) is 81.1 Å². The van der Waals surface area contributed by atoms with Crippen LogP contribution in [0.2, 0.25) is 0 Å². The summed E-state index contributed by atoms with van der Waals surface area (Å²) >= 11 is 0. The van der Waals surface area contributed by atoms with Crippen LogP contribution in [0.3, 0.4) is 0 Å². The molecule has 0 heterocycles. The standard InChI is InChI=1S/C9H19N3O.ClH/c1-7(11)8(13)12-9(6-10)4-2-3-5-9;/h7H,2-6,10-11H2,1H3,(H,12,13);1H/t7-;/m1./s1. The summed E-state index contributed by atoms with van der Waals surface area (Å²) in [7, 11) is 0. The molecule has 0 spiro atoms. The zero-order valence-electron chi connectivity index (χ0n) is 8.58. The Morgan fingerprint density at radius 2 is 2.00 bits per heavy atom. The van der Waals surface area contributed by atoms with Gasteiger partial charge in [0, 0.05) is 6.54 Å². The van der Waals surface area contributed by atoms with Gasteiger partial charge >= 0.3 is 0 Å². The third kappa shape index (κ3) is 3.12. The number of hydrogen-bond donors (Lipinski definition) is 3. The van der Waals surface area contributed by atoms with Crippen LogP contribution in [-0.2, 0) is 4.79 Å². The zero-order chi connectivity index (χ0) is 9.90. The summed E-state index contributed by atoms with van der Waals surface area (Å²) in [6.07, 6.45) is 4.27. The lowest BCUT2D eigenvalue weighted by molar-refractivity contribution is -0.123. The molecule has 0 aromatic carbocycles. The van der Waals surface area contributed by atoms with Gasteiger partial charge in [-0.15, -0.1) is 12.4 Å². The van der Waals surface area contributed by atoms with E-state index in [1.165, 1.54) is 0 Å². The third-order valence-electron chi connectivity index (χ3n) is 2.75. The first-order chi connectivity index (χ1) is 6.09. The predicted molar refractivity (Wildman–Crippen MR) is 59.3 cm³/mol. The van der Waals surface area contributed by atoms with Crippen molar-refractivity contribution in [1.29, 1.82) is 0 Å². The number of nitrogens with two attached hydrogens (primary N) is 2. The van der Waals surface area contributed by atoms with Gasteiger partial charge in [0.1, 0.15) is 0 Å². The van der Waals surface area contributed by atoms with Crippen molar-refractivity contribution in [2.24, 2.45) is 11.5 Å². The number of nitrogens with one attached hydrogen (secondary N) is 1. The fourth-order valence-electron chi connectivity index (χ4n) is 1.81. The molecule has 0 aliphatic heterocycles. The van der Waals surface area contributed by atoms with Crippen molar-refractivity contribution in [2.45, 2.75) is 44.2 Å². The molecule has 0 radical (unpaired) electrons. The van der Waals surface area contributed by atoms with Crippen LogP contribution in [0.25, 0.3) is 0 Å². The monoisotopic (exact) mass is 221 g/mol. The molecule has 1 atom stereocenters. The SMILES string of the molecule is C[C@@H](N)C(=O)NC1(CN)CCCC1.Cl. The van der Waals surface area contributed by atoms with Crippen LogP contribution in [-0.4, -0.2) is 24.0 Å². The summed E-state index contributed by atoms with van der Waals surface area (Å²) in [5, 5.41) is 2.95. The number of halogens is 1. The Morgan fingerprint density at radius 3 is 2.36 bits per heavy atom. The second kappa shape index (κ2) is 5.53. The van der Waals surface area contributed by atoms with Gasteiger partial charge < -0.3 is 16.8 Å².